The molecule has 0 aliphatic carbocycles. The number of hydrogen-bond donors (Lipinski definition) is 2. The van der Waals surface area contributed by atoms with Gasteiger partial charge in [-0.15, -0.1) is 0 Å². The van der Waals surface area contributed by atoms with Gasteiger partial charge in [0.25, 0.3) is 0 Å². The molecule has 1 aromatic rings. The van der Waals surface area contributed by atoms with E-state index in [9.17, 15) is 9.50 Å². The van der Waals surface area contributed by atoms with E-state index in [-0.39, 0.29) is 24.4 Å². The number of nitrogens with zero attached hydrogens (tertiary/aromatic N) is 1. The molecule has 1 aromatic carbocycles. The largest absolute Gasteiger partial charge is 0.396 e. The van der Waals surface area contributed by atoms with Gasteiger partial charge in [-0.2, -0.15) is 0 Å². The number of benzene rings is 1. The second-order valence-corrected chi connectivity index (χ2v) is 5.67. The molecule has 1 heterocycles. The zero-order valence-electron chi connectivity index (χ0n) is 12.4. The van der Waals surface area contributed by atoms with Crippen LogP contribution in [-0.4, -0.2) is 31.3 Å². The van der Waals surface area contributed by atoms with E-state index in [4.69, 9.17) is 0 Å². The summed E-state index contributed by atoms with van der Waals surface area (Å²) in [5.41, 5.74) is 1.64. The Bertz CT molecular complexity index is 438. The fraction of sp³-hybridized carbons (Fsp3) is 0.625. The van der Waals surface area contributed by atoms with Crippen molar-refractivity contribution in [2.24, 2.45) is 5.92 Å². The minimum absolute atomic E-state index is 0.161. The standard InChI is InChI=1S/C16H25FN2O/c1-3-7-18-12(2)14-4-5-16(15(17)9-14)19-8-6-13(10-19)11-20/h4-5,9,12-13,18,20H,3,6-8,10-11H2,1-2H3. The molecular weight excluding hydrogens is 255 g/mol. The molecule has 3 nitrogen and oxygen atoms in total. The molecule has 1 aliphatic heterocycles. The second kappa shape index (κ2) is 7.04. The van der Waals surface area contributed by atoms with E-state index >= 15 is 0 Å². The molecule has 0 spiro atoms. The fourth-order valence-corrected chi connectivity index (χ4v) is 2.73. The number of aliphatic hydroxyl groups is 1. The van der Waals surface area contributed by atoms with E-state index in [0.29, 0.717) is 5.69 Å². The van der Waals surface area contributed by atoms with Crippen LogP contribution < -0.4 is 10.2 Å². The van der Waals surface area contributed by atoms with Crippen molar-refractivity contribution in [1.29, 1.82) is 0 Å². The van der Waals surface area contributed by atoms with E-state index < -0.39 is 0 Å². The Balaban J connectivity index is 2.06. The topological polar surface area (TPSA) is 35.5 Å². The molecule has 0 radical (unpaired) electrons. The average molecular weight is 280 g/mol. The van der Waals surface area contributed by atoms with E-state index in [2.05, 4.69) is 19.2 Å². The lowest BCUT2D eigenvalue weighted by Crippen LogP contribution is -2.23. The molecule has 2 rings (SSSR count). The van der Waals surface area contributed by atoms with Crippen LogP contribution in [0.3, 0.4) is 0 Å². The Hall–Kier alpha value is -1.13. The summed E-state index contributed by atoms with van der Waals surface area (Å²) >= 11 is 0. The Morgan fingerprint density at radius 1 is 1.50 bits per heavy atom. The molecule has 112 valence electrons. The van der Waals surface area contributed by atoms with Crippen molar-refractivity contribution >= 4 is 5.69 Å². The van der Waals surface area contributed by atoms with Crippen LogP contribution in [0.5, 0.6) is 0 Å². The van der Waals surface area contributed by atoms with Crippen LogP contribution in [0.1, 0.15) is 38.3 Å². The van der Waals surface area contributed by atoms with Crippen LogP contribution in [0, 0.1) is 11.7 Å². The first-order valence-electron chi connectivity index (χ1n) is 7.54. The first-order valence-corrected chi connectivity index (χ1v) is 7.54. The predicted molar refractivity (Wildman–Crippen MR) is 80.5 cm³/mol. The first-order chi connectivity index (χ1) is 9.65. The van der Waals surface area contributed by atoms with Gasteiger partial charge in [0, 0.05) is 31.7 Å². The summed E-state index contributed by atoms with van der Waals surface area (Å²) < 4.78 is 14.3. The number of aliphatic hydroxyl groups excluding tert-OH is 1. The SMILES string of the molecule is CCCNC(C)c1ccc(N2CCC(CO)C2)c(F)c1. The van der Waals surface area contributed by atoms with Gasteiger partial charge in [0.15, 0.2) is 0 Å². The minimum Gasteiger partial charge on any atom is -0.396 e. The van der Waals surface area contributed by atoms with Gasteiger partial charge in [0.2, 0.25) is 0 Å². The maximum atomic E-state index is 14.3. The minimum atomic E-state index is -0.161. The maximum Gasteiger partial charge on any atom is 0.146 e. The van der Waals surface area contributed by atoms with Crippen molar-refractivity contribution in [3.63, 3.8) is 0 Å². The van der Waals surface area contributed by atoms with Gasteiger partial charge in [-0.05, 0) is 44.0 Å². The highest BCUT2D eigenvalue weighted by Gasteiger charge is 2.24. The molecular formula is C16H25FN2O. The van der Waals surface area contributed by atoms with Crippen LogP contribution in [-0.2, 0) is 0 Å². The highest BCUT2D eigenvalue weighted by Crippen LogP contribution is 2.28. The Morgan fingerprint density at radius 3 is 2.90 bits per heavy atom. The van der Waals surface area contributed by atoms with Gasteiger partial charge >= 0.3 is 0 Å². The molecule has 20 heavy (non-hydrogen) atoms. The van der Waals surface area contributed by atoms with E-state index in [0.717, 1.165) is 38.0 Å². The zero-order valence-corrected chi connectivity index (χ0v) is 12.4. The molecule has 2 atom stereocenters. The highest BCUT2D eigenvalue weighted by atomic mass is 19.1. The second-order valence-electron chi connectivity index (χ2n) is 5.67. The van der Waals surface area contributed by atoms with Gasteiger partial charge in [-0.3, -0.25) is 0 Å². The lowest BCUT2D eigenvalue weighted by atomic mass is 10.1. The zero-order chi connectivity index (χ0) is 14.5. The number of anilines is 1. The Kier molecular flexibility index (Phi) is 5.38. The highest BCUT2D eigenvalue weighted by molar-refractivity contribution is 5.50. The average Bonchev–Trinajstić information content (AvgIpc) is 2.93. The van der Waals surface area contributed by atoms with E-state index in [1.807, 2.05) is 17.0 Å². The fourth-order valence-electron chi connectivity index (χ4n) is 2.73. The Morgan fingerprint density at radius 2 is 2.30 bits per heavy atom. The molecule has 0 aromatic heterocycles. The molecule has 0 amide bonds. The number of rotatable bonds is 6. The third-order valence-corrected chi connectivity index (χ3v) is 4.06. The number of nitrogens with one attached hydrogen (secondary N) is 1. The third-order valence-electron chi connectivity index (χ3n) is 4.06. The summed E-state index contributed by atoms with van der Waals surface area (Å²) in [6.07, 6.45) is 2.01. The maximum absolute atomic E-state index is 14.3. The molecule has 2 unspecified atom stereocenters. The van der Waals surface area contributed by atoms with Crippen molar-refractivity contribution in [3.8, 4) is 0 Å². The summed E-state index contributed by atoms with van der Waals surface area (Å²) in [7, 11) is 0. The molecule has 4 heteroatoms. The van der Waals surface area contributed by atoms with Crippen molar-refractivity contribution in [3.05, 3.63) is 29.6 Å². The summed E-state index contributed by atoms with van der Waals surface area (Å²) in [6.45, 7) is 6.88. The van der Waals surface area contributed by atoms with Crippen molar-refractivity contribution in [2.75, 3.05) is 31.1 Å². The van der Waals surface area contributed by atoms with Crippen LogP contribution in [0.25, 0.3) is 0 Å². The Labute approximate surface area is 120 Å². The summed E-state index contributed by atoms with van der Waals surface area (Å²) in [4.78, 5) is 2.03. The molecule has 2 N–H and O–H groups in total. The predicted octanol–water partition coefficient (Wildman–Crippen LogP) is 2.70. The molecule has 0 saturated carbocycles. The molecule has 1 fully saturated rings. The van der Waals surface area contributed by atoms with Gasteiger partial charge in [0.1, 0.15) is 5.82 Å². The normalized spacial score (nSPS) is 20.4. The van der Waals surface area contributed by atoms with E-state index in [1.165, 1.54) is 0 Å². The molecule has 1 saturated heterocycles. The smallest absolute Gasteiger partial charge is 0.146 e. The summed E-state index contributed by atoms with van der Waals surface area (Å²) in [5.74, 6) is 0.116. The van der Waals surface area contributed by atoms with E-state index in [1.54, 1.807) is 6.07 Å². The molecule has 1 aliphatic rings. The van der Waals surface area contributed by atoms with Gasteiger partial charge in [-0.25, -0.2) is 4.39 Å². The van der Waals surface area contributed by atoms with Crippen molar-refractivity contribution in [1.82, 2.24) is 5.32 Å². The van der Waals surface area contributed by atoms with Crippen molar-refractivity contribution in [2.45, 2.75) is 32.7 Å². The first kappa shape index (κ1) is 15.3. The van der Waals surface area contributed by atoms with Gasteiger partial charge < -0.3 is 15.3 Å². The third kappa shape index (κ3) is 3.49. The lowest BCUT2D eigenvalue weighted by molar-refractivity contribution is 0.238. The lowest BCUT2D eigenvalue weighted by Gasteiger charge is -2.21. The van der Waals surface area contributed by atoms with Crippen LogP contribution in [0.4, 0.5) is 10.1 Å². The van der Waals surface area contributed by atoms with Crippen LogP contribution >= 0.6 is 0 Å². The van der Waals surface area contributed by atoms with Gasteiger partial charge in [0.05, 0.1) is 5.69 Å². The quantitative estimate of drug-likeness (QED) is 0.841. The monoisotopic (exact) mass is 280 g/mol. The number of hydrogen-bond acceptors (Lipinski definition) is 3. The summed E-state index contributed by atoms with van der Waals surface area (Å²) in [6, 6.07) is 5.67. The summed E-state index contributed by atoms with van der Waals surface area (Å²) in [5, 5.41) is 12.5. The van der Waals surface area contributed by atoms with Crippen molar-refractivity contribution < 1.29 is 9.50 Å². The van der Waals surface area contributed by atoms with Crippen LogP contribution in [0.15, 0.2) is 18.2 Å². The van der Waals surface area contributed by atoms with Gasteiger partial charge in [-0.1, -0.05) is 13.0 Å². The molecule has 0 bridgehead atoms. The van der Waals surface area contributed by atoms with Crippen LogP contribution in [0.2, 0.25) is 0 Å². The number of halogens is 1.